The molecule has 1 N–H and O–H groups in total. The second kappa shape index (κ2) is 8.06. The van der Waals surface area contributed by atoms with Crippen molar-refractivity contribution >= 4 is 11.8 Å². The molecule has 0 aromatic heterocycles. The lowest BCUT2D eigenvalue weighted by Gasteiger charge is -2.26. The molecule has 0 unspecified atom stereocenters. The van der Waals surface area contributed by atoms with Crippen LogP contribution in [-0.2, 0) is 11.3 Å². The molecule has 0 aliphatic heterocycles. The summed E-state index contributed by atoms with van der Waals surface area (Å²) in [5.41, 5.74) is 1.72. The van der Waals surface area contributed by atoms with Crippen molar-refractivity contribution in [1.82, 2.24) is 4.90 Å². The van der Waals surface area contributed by atoms with E-state index in [1.807, 2.05) is 39.8 Å². The largest absolute Gasteiger partial charge is 0.444 e. The van der Waals surface area contributed by atoms with Crippen LogP contribution < -0.4 is 5.32 Å². The molecular weight excluding hydrogens is 276 g/mol. The lowest BCUT2D eigenvalue weighted by atomic mass is 10.1. The number of benzene rings is 1. The van der Waals surface area contributed by atoms with Crippen molar-refractivity contribution in [1.29, 1.82) is 0 Å². The third-order valence-corrected chi connectivity index (χ3v) is 3.05. The summed E-state index contributed by atoms with van der Waals surface area (Å²) in [6.07, 6.45) is -0.268. The van der Waals surface area contributed by atoms with Crippen LogP contribution >= 0.6 is 0 Å². The lowest BCUT2D eigenvalue weighted by molar-refractivity contribution is 0.0244. The first kappa shape index (κ1) is 18.3. The number of ether oxygens (including phenoxy) is 1. The minimum Gasteiger partial charge on any atom is -0.444 e. The molecule has 1 aromatic rings. The fourth-order valence-corrected chi connectivity index (χ4v) is 1.95. The van der Waals surface area contributed by atoms with E-state index in [0.717, 1.165) is 17.8 Å². The number of amides is 1. The van der Waals surface area contributed by atoms with Gasteiger partial charge in [-0.3, -0.25) is 0 Å². The third-order valence-electron chi connectivity index (χ3n) is 3.05. The van der Waals surface area contributed by atoms with Crippen LogP contribution in [0.5, 0.6) is 0 Å². The van der Waals surface area contributed by atoms with Crippen LogP contribution in [0, 0.1) is 5.92 Å². The van der Waals surface area contributed by atoms with Gasteiger partial charge in [0.25, 0.3) is 0 Å². The average Bonchev–Trinajstić information content (AvgIpc) is 2.41. The molecule has 0 radical (unpaired) electrons. The van der Waals surface area contributed by atoms with E-state index >= 15 is 0 Å². The topological polar surface area (TPSA) is 41.6 Å². The normalized spacial score (nSPS) is 11.4. The maximum Gasteiger partial charge on any atom is 0.410 e. The quantitative estimate of drug-likeness (QED) is 0.840. The van der Waals surface area contributed by atoms with Crippen molar-refractivity contribution in [2.45, 2.75) is 53.7 Å². The summed E-state index contributed by atoms with van der Waals surface area (Å²) in [5, 5.41) is 3.41. The van der Waals surface area contributed by atoms with Gasteiger partial charge in [-0.15, -0.1) is 0 Å². The van der Waals surface area contributed by atoms with E-state index < -0.39 is 5.60 Å². The van der Waals surface area contributed by atoms with Gasteiger partial charge in [0.15, 0.2) is 0 Å². The molecule has 124 valence electrons. The SMILES string of the molecule is CCN(Cc1cccc(NCC(C)C)c1)C(=O)OC(C)(C)C. The standard InChI is InChI=1S/C18H30N2O2/c1-7-20(17(21)22-18(4,5)6)13-15-9-8-10-16(11-15)19-12-14(2)3/h8-11,14,19H,7,12-13H2,1-6H3. The number of anilines is 1. The highest BCUT2D eigenvalue weighted by Crippen LogP contribution is 2.16. The van der Waals surface area contributed by atoms with E-state index in [0.29, 0.717) is 19.0 Å². The second-order valence-electron chi connectivity index (χ2n) is 6.97. The number of carbonyl (C=O) groups excluding carboxylic acids is 1. The summed E-state index contributed by atoms with van der Waals surface area (Å²) in [4.78, 5) is 13.9. The fourth-order valence-electron chi connectivity index (χ4n) is 1.95. The molecule has 0 saturated carbocycles. The molecule has 22 heavy (non-hydrogen) atoms. The van der Waals surface area contributed by atoms with Crippen LogP contribution in [0.1, 0.15) is 47.1 Å². The Morgan fingerprint density at radius 3 is 2.55 bits per heavy atom. The number of carbonyl (C=O) groups is 1. The Balaban J connectivity index is 2.70. The number of hydrogen-bond acceptors (Lipinski definition) is 3. The Morgan fingerprint density at radius 1 is 1.32 bits per heavy atom. The van der Waals surface area contributed by atoms with Crippen molar-refractivity contribution in [2.75, 3.05) is 18.4 Å². The number of nitrogens with one attached hydrogen (secondary N) is 1. The number of rotatable bonds is 6. The van der Waals surface area contributed by atoms with Gasteiger partial charge in [0.05, 0.1) is 0 Å². The average molecular weight is 306 g/mol. The Labute approximate surface area is 134 Å². The highest BCUT2D eigenvalue weighted by atomic mass is 16.6. The Bertz CT molecular complexity index is 478. The van der Waals surface area contributed by atoms with E-state index in [2.05, 4.69) is 31.3 Å². The van der Waals surface area contributed by atoms with E-state index in [9.17, 15) is 4.79 Å². The van der Waals surface area contributed by atoms with Gasteiger partial charge in [0.2, 0.25) is 0 Å². The highest BCUT2D eigenvalue weighted by molar-refractivity contribution is 5.68. The van der Waals surface area contributed by atoms with Gasteiger partial charge in [-0.05, 0) is 51.3 Å². The summed E-state index contributed by atoms with van der Waals surface area (Å²) >= 11 is 0. The van der Waals surface area contributed by atoms with Crippen molar-refractivity contribution in [2.24, 2.45) is 5.92 Å². The first-order chi connectivity index (χ1) is 10.2. The maximum absolute atomic E-state index is 12.2. The summed E-state index contributed by atoms with van der Waals surface area (Å²) in [6.45, 7) is 14.1. The smallest absolute Gasteiger partial charge is 0.410 e. The first-order valence-corrected chi connectivity index (χ1v) is 8.02. The molecule has 0 atom stereocenters. The van der Waals surface area contributed by atoms with Gasteiger partial charge < -0.3 is 15.0 Å². The molecule has 1 aromatic carbocycles. The van der Waals surface area contributed by atoms with Crippen molar-refractivity contribution < 1.29 is 9.53 Å². The molecule has 0 aliphatic carbocycles. The predicted octanol–water partition coefficient (Wildman–Crippen LogP) is 4.51. The third kappa shape index (κ3) is 6.83. The monoisotopic (exact) mass is 306 g/mol. The molecule has 0 aliphatic rings. The van der Waals surface area contributed by atoms with Crippen LogP contribution in [0.25, 0.3) is 0 Å². The van der Waals surface area contributed by atoms with Gasteiger partial charge in [0, 0.05) is 25.3 Å². The number of hydrogen-bond donors (Lipinski definition) is 1. The van der Waals surface area contributed by atoms with E-state index in [4.69, 9.17) is 4.74 Å². The molecule has 0 saturated heterocycles. The summed E-state index contributed by atoms with van der Waals surface area (Å²) in [7, 11) is 0. The van der Waals surface area contributed by atoms with Crippen LogP contribution in [0.15, 0.2) is 24.3 Å². The van der Waals surface area contributed by atoms with Crippen molar-refractivity contribution in [3.8, 4) is 0 Å². The molecule has 0 bridgehead atoms. The Morgan fingerprint density at radius 2 is 2.00 bits per heavy atom. The molecule has 0 spiro atoms. The Hall–Kier alpha value is -1.71. The van der Waals surface area contributed by atoms with Gasteiger partial charge >= 0.3 is 6.09 Å². The summed E-state index contributed by atoms with van der Waals surface area (Å²) < 4.78 is 5.44. The molecule has 1 amide bonds. The second-order valence-corrected chi connectivity index (χ2v) is 6.97. The minimum atomic E-state index is -0.467. The Kier molecular flexibility index (Phi) is 6.72. The van der Waals surface area contributed by atoms with Crippen LogP contribution in [0.4, 0.5) is 10.5 Å². The van der Waals surface area contributed by atoms with E-state index in [1.165, 1.54) is 0 Å². The summed E-state index contributed by atoms with van der Waals surface area (Å²) in [5.74, 6) is 0.595. The zero-order valence-electron chi connectivity index (χ0n) is 14.8. The van der Waals surface area contributed by atoms with Gasteiger partial charge in [0.1, 0.15) is 5.60 Å². The molecule has 4 nitrogen and oxygen atoms in total. The maximum atomic E-state index is 12.2. The van der Waals surface area contributed by atoms with Crippen LogP contribution in [0.3, 0.4) is 0 Å². The highest BCUT2D eigenvalue weighted by Gasteiger charge is 2.21. The molecule has 0 heterocycles. The van der Waals surface area contributed by atoms with Crippen LogP contribution in [0.2, 0.25) is 0 Å². The zero-order valence-corrected chi connectivity index (χ0v) is 14.8. The zero-order chi connectivity index (χ0) is 16.8. The van der Waals surface area contributed by atoms with Crippen molar-refractivity contribution in [3.05, 3.63) is 29.8 Å². The van der Waals surface area contributed by atoms with Gasteiger partial charge in [-0.25, -0.2) is 4.79 Å². The fraction of sp³-hybridized carbons (Fsp3) is 0.611. The molecule has 4 heteroatoms. The van der Waals surface area contributed by atoms with E-state index in [-0.39, 0.29) is 6.09 Å². The van der Waals surface area contributed by atoms with Gasteiger partial charge in [-0.1, -0.05) is 26.0 Å². The molecule has 1 rings (SSSR count). The summed E-state index contributed by atoms with van der Waals surface area (Å²) in [6, 6.07) is 8.19. The lowest BCUT2D eigenvalue weighted by Crippen LogP contribution is -2.36. The predicted molar refractivity (Wildman–Crippen MR) is 92.1 cm³/mol. The van der Waals surface area contributed by atoms with E-state index in [1.54, 1.807) is 4.90 Å². The minimum absolute atomic E-state index is 0.268. The van der Waals surface area contributed by atoms with Crippen molar-refractivity contribution in [3.63, 3.8) is 0 Å². The molecule has 0 fully saturated rings. The first-order valence-electron chi connectivity index (χ1n) is 8.02. The van der Waals surface area contributed by atoms with Crippen LogP contribution in [-0.4, -0.2) is 29.7 Å². The number of nitrogens with zero attached hydrogens (tertiary/aromatic N) is 1. The van der Waals surface area contributed by atoms with Gasteiger partial charge in [-0.2, -0.15) is 0 Å². The molecular formula is C18H30N2O2.